The molecule has 0 bridgehead atoms. The van der Waals surface area contributed by atoms with E-state index in [0.29, 0.717) is 0 Å². The number of aryl methyl sites for hydroxylation is 1. The van der Waals surface area contributed by atoms with Gasteiger partial charge in [0.05, 0.1) is 7.11 Å². The maximum atomic E-state index is 5.25. The number of ether oxygens (including phenoxy) is 1. The lowest BCUT2D eigenvalue weighted by Crippen LogP contribution is -2.15. The highest BCUT2D eigenvalue weighted by Crippen LogP contribution is 2.22. The van der Waals surface area contributed by atoms with E-state index in [4.69, 9.17) is 4.74 Å². The summed E-state index contributed by atoms with van der Waals surface area (Å²) in [5.41, 5.74) is 2.63. The largest absolute Gasteiger partial charge is 0.497 e. The monoisotopic (exact) mass is 333 g/mol. The highest BCUT2D eigenvalue weighted by molar-refractivity contribution is 9.10. The summed E-state index contributed by atoms with van der Waals surface area (Å²) in [4.78, 5) is 0. The zero-order valence-electron chi connectivity index (χ0n) is 11.7. The van der Waals surface area contributed by atoms with Crippen LogP contribution in [0, 0.1) is 0 Å². The highest BCUT2D eigenvalue weighted by atomic mass is 79.9. The van der Waals surface area contributed by atoms with E-state index in [0.717, 1.165) is 36.2 Å². The Morgan fingerprint density at radius 2 is 1.90 bits per heavy atom. The Morgan fingerprint density at radius 3 is 2.65 bits per heavy atom. The molecule has 0 radical (unpaired) electrons. The average molecular weight is 334 g/mol. The minimum atomic E-state index is 0.854. The highest BCUT2D eigenvalue weighted by Gasteiger charge is 2.01. The maximum Gasteiger partial charge on any atom is 0.119 e. The molecule has 2 aromatic rings. The fourth-order valence-electron chi connectivity index (χ4n) is 2.10. The first-order chi connectivity index (χ1) is 9.79. The third-order valence-electron chi connectivity index (χ3n) is 3.23. The summed E-state index contributed by atoms with van der Waals surface area (Å²) in [5.74, 6) is 0.897. The Labute approximate surface area is 129 Å². The van der Waals surface area contributed by atoms with E-state index >= 15 is 0 Å². The van der Waals surface area contributed by atoms with Crippen molar-refractivity contribution in [3.8, 4) is 5.75 Å². The molecule has 0 amide bonds. The van der Waals surface area contributed by atoms with Gasteiger partial charge in [-0.2, -0.15) is 0 Å². The number of hydrogen-bond donors (Lipinski definition) is 1. The molecular weight excluding hydrogens is 314 g/mol. The van der Waals surface area contributed by atoms with Crippen molar-refractivity contribution in [3.63, 3.8) is 0 Å². The van der Waals surface area contributed by atoms with E-state index in [9.17, 15) is 0 Å². The fourth-order valence-corrected chi connectivity index (χ4v) is 2.49. The van der Waals surface area contributed by atoms with Crippen molar-refractivity contribution in [3.05, 3.63) is 64.1 Å². The molecule has 3 heteroatoms. The molecule has 0 heterocycles. The fraction of sp³-hybridized carbons (Fsp3) is 0.294. The molecule has 2 rings (SSSR count). The summed E-state index contributed by atoms with van der Waals surface area (Å²) in [5, 5.41) is 3.48. The average Bonchev–Trinajstić information content (AvgIpc) is 2.50. The first-order valence-corrected chi connectivity index (χ1v) is 7.66. The third-order valence-corrected chi connectivity index (χ3v) is 4.00. The lowest BCUT2D eigenvalue weighted by atomic mass is 10.1. The van der Waals surface area contributed by atoms with Crippen LogP contribution in [0.5, 0.6) is 5.75 Å². The van der Waals surface area contributed by atoms with Gasteiger partial charge in [-0.05, 0) is 48.7 Å². The summed E-state index contributed by atoms with van der Waals surface area (Å²) < 4.78 is 6.37. The van der Waals surface area contributed by atoms with Crippen LogP contribution in [0.4, 0.5) is 0 Å². The lowest BCUT2D eigenvalue weighted by Gasteiger charge is -2.09. The third kappa shape index (κ3) is 4.66. The van der Waals surface area contributed by atoms with Crippen LogP contribution in [0.1, 0.15) is 17.5 Å². The molecule has 0 aliphatic carbocycles. The Kier molecular flexibility index (Phi) is 6.09. The molecule has 1 N–H and O–H groups in total. The molecule has 2 nitrogen and oxygen atoms in total. The van der Waals surface area contributed by atoms with Gasteiger partial charge in [0.25, 0.3) is 0 Å². The molecule has 0 unspecified atom stereocenters. The van der Waals surface area contributed by atoms with Crippen LogP contribution in [0.2, 0.25) is 0 Å². The zero-order valence-corrected chi connectivity index (χ0v) is 13.3. The van der Waals surface area contributed by atoms with Crippen molar-refractivity contribution in [2.75, 3.05) is 13.7 Å². The van der Waals surface area contributed by atoms with Crippen molar-refractivity contribution in [2.45, 2.75) is 19.4 Å². The minimum absolute atomic E-state index is 0.854. The van der Waals surface area contributed by atoms with Crippen molar-refractivity contribution >= 4 is 15.9 Å². The van der Waals surface area contributed by atoms with Gasteiger partial charge in [-0.25, -0.2) is 0 Å². The van der Waals surface area contributed by atoms with E-state index in [-0.39, 0.29) is 0 Å². The number of hydrogen-bond acceptors (Lipinski definition) is 2. The van der Waals surface area contributed by atoms with Gasteiger partial charge in [0, 0.05) is 11.0 Å². The number of rotatable bonds is 7. The van der Waals surface area contributed by atoms with Crippen molar-refractivity contribution in [1.29, 1.82) is 0 Å². The Balaban J connectivity index is 1.73. The molecule has 0 aliphatic rings. The second-order valence-electron chi connectivity index (χ2n) is 4.72. The molecule has 2 aromatic carbocycles. The molecule has 0 aromatic heterocycles. The predicted molar refractivity (Wildman–Crippen MR) is 87.2 cm³/mol. The van der Waals surface area contributed by atoms with Gasteiger partial charge in [-0.3, -0.25) is 0 Å². The van der Waals surface area contributed by atoms with Crippen LogP contribution >= 0.6 is 15.9 Å². The van der Waals surface area contributed by atoms with Crippen LogP contribution in [0.15, 0.2) is 53.0 Å². The Bertz CT molecular complexity index is 528. The van der Waals surface area contributed by atoms with Gasteiger partial charge in [-0.15, -0.1) is 0 Å². The number of nitrogens with one attached hydrogen (secondary N) is 1. The van der Waals surface area contributed by atoms with Crippen LogP contribution in [-0.2, 0) is 13.0 Å². The smallest absolute Gasteiger partial charge is 0.119 e. The topological polar surface area (TPSA) is 21.3 Å². The Morgan fingerprint density at radius 1 is 1.10 bits per heavy atom. The SMILES string of the molecule is COc1ccc(Br)c(CNCCCc2ccccc2)c1. The van der Waals surface area contributed by atoms with E-state index in [1.54, 1.807) is 7.11 Å². The summed E-state index contributed by atoms with van der Waals surface area (Å²) in [6, 6.07) is 16.7. The van der Waals surface area contributed by atoms with Gasteiger partial charge in [0.2, 0.25) is 0 Å². The van der Waals surface area contributed by atoms with Gasteiger partial charge in [-0.1, -0.05) is 46.3 Å². The van der Waals surface area contributed by atoms with Crippen molar-refractivity contribution in [1.82, 2.24) is 5.32 Å². The first kappa shape index (κ1) is 15.1. The molecule has 106 valence electrons. The number of methoxy groups -OCH3 is 1. The summed E-state index contributed by atoms with van der Waals surface area (Å²) in [7, 11) is 1.69. The summed E-state index contributed by atoms with van der Waals surface area (Å²) in [6.07, 6.45) is 2.26. The van der Waals surface area contributed by atoms with Gasteiger partial charge in [0.15, 0.2) is 0 Å². The van der Waals surface area contributed by atoms with Crippen LogP contribution in [0.3, 0.4) is 0 Å². The minimum Gasteiger partial charge on any atom is -0.497 e. The van der Waals surface area contributed by atoms with Crippen LogP contribution in [0.25, 0.3) is 0 Å². The van der Waals surface area contributed by atoms with E-state index in [1.807, 2.05) is 12.1 Å². The molecule has 0 saturated carbocycles. The molecular formula is C17H20BrNO. The number of halogens is 1. The lowest BCUT2D eigenvalue weighted by molar-refractivity contribution is 0.414. The molecule has 0 aliphatic heterocycles. The normalized spacial score (nSPS) is 10.5. The quantitative estimate of drug-likeness (QED) is 0.767. The first-order valence-electron chi connectivity index (χ1n) is 6.86. The molecule has 0 spiro atoms. The second-order valence-corrected chi connectivity index (χ2v) is 5.58. The van der Waals surface area contributed by atoms with E-state index < -0.39 is 0 Å². The maximum absolute atomic E-state index is 5.25. The molecule has 0 saturated heterocycles. The van der Waals surface area contributed by atoms with Crippen molar-refractivity contribution in [2.24, 2.45) is 0 Å². The summed E-state index contributed by atoms with van der Waals surface area (Å²) in [6.45, 7) is 1.87. The van der Waals surface area contributed by atoms with Gasteiger partial charge >= 0.3 is 0 Å². The number of benzene rings is 2. The standard InChI is InChI=1S/C17H20BrNO/c1-20-16-9-10-17(18)15(12-16)13-19-11-5-8-14-6-3-2-4-7-14/h2-4,6-7,9-10,12,19H,5,8,11,13H2,1H3. The van der Waals surface area contributed by atoms with Crippen LogP contribution in [-0.4, -0.2) is 13.7 Å². The van der Waals surface area contributed by atoms with E-state index in [1.165, 1.54) is 11.1 Å². The second kappa shape index (κ2) is 8.08. The summed E-state index contributed by atoms with van der Waals surface area (Å²) >= 11 is 3.57. The van der Waals surface area contributed by atoms with E-state index in [2.05, 4.69) is 57.6 Å². The van der Waals surface area contributed by atoms with Crippen molar-refractivity contribution < 1.29 is 4.74 Å². The molecule has 0 fully saturated rings. The molecule has 0 atom stereocenters. The zero-order chi connectivity index (χ0) is 14.2. The Hall–Kier alpha value is -1.32. The molecule has 20 heavy (non-hydrogen) atoms. The predicted octanol–water partition coefficient (Wildman–Crippen LogP) is 4.18. The van der Waals surface area contributed by atoms with Gasteiger partial charge in [0.1, 0.15) is 5.75 Å². The van der Waals surface area contributed by atoms with Gasteiger partial charge < -0.3 is 10.1 Å². The van der Waals surface area contributed by atoms with Crippen LogP contribution < -0.4 is 10.1 Å².